The number of ether oxygens (including phenoxy) is 2. The second-order valence-electron chi connectivity index (χ2n) is 11.5. The molecule has 1 atom stereocenters. The van der Waals surface area contributed by atoms with E-state index in [2.05, 4.69) is 19.9 Å². The highest BCUT2D eigenvalue weighted by molar-refractivity contribution is 5.72. The van der Waals surface area contributed by atoms with E-state index >= 15 is 0 Å². The predicted molar refractivity (Wildman–Crippen MR) is 160 cm³/mol. The van der Waals surface area contributed by atoms with Crippen LogP contribution in [0.2, 0.25) is 0 Å². The van der Waals surface area contributed by atoms with Gasteiger partial charge >= 0.3 is 11.9 Å². The van der Waals surface area contributed by atoms with E-state index in [1.165, 1.54) is 116 Å². The summed E-state index contributed by atoms with van der Waals surface area (Å²) < 4.78 is 11.3. The number of unbranched alkanes of at least 4 members (excludes halogenated alkanes) is 16. The Bertz CT molecular complexity index is 693. The molecule has 0 saturated carbocycles. The van der Waals surface area contributed by atoms with Crippen LogP contribution in [0.4, 0.5) is 0 Å². The summed E-state index contributed by atoms with van der Waals surface area (Å²) in [6.07, 6.45) is 31.3. The first-order chi connectivity index (χ1) is 18.5. The monoisotopic (exact) mass is 532 g/mol. The van der Waals surface area contributed by atoms with Gasteiger partial charge in [-0.3, -0.25) is 9.59 Å². The molecule has 0 radical (unpaired) electrons. The molecule has 0 amide bonds. The number of esters is 2. The quantitative estimate of drug-likeness (QED) is 0.0916. The zero-order valence-corrected chi connectivity index (χ0v) is 25.6. The van der Waals surface area contributed by atoms with Gasteiger partial charge in [0.15, 0.2) is 11.5 Å². The van der Waals surface area contributed by atoms with Crippen LogP contribution < -0.4 is 0 Å². The molecule has 0 saturated heterocycles. The van der Waals surface area contributed by atoms with Gasteiger partial charge in [-0.15, -0.1) is 0 Å². The Balaban J connectivity index is 2.69. The molecule has 0 heterocycles. The average molecular weight is 533 g/mol. The van der Waals surface area contributed by atoms with Crippen molar-refractivity contribution in [2.45, 2.75) is 175 Å². The van der Waals surface area contributed by atoms with Gasteiger partial charge in [0.2, 0.25) is 0 Å². The van der Waals surface area contributed by atoms with Crippen LogP contribution in [0.1, 0.15) is 175 Å². The summed E-state index contributed by atoms with van der Waals surface area (Å²) in [7, 11) is 0. The highest BCUT2D eigenvalue weighted by Crippen LogP contribution is 2.44. The first-order valence-corrected chi connectivity index (χ1v) is 16.3. The van der Waals surface area contributed by atoms with E-state index in [4.69, 9.17) is 9.47 Å². The summed E-state index contributed by atoms with van der Waals surface area (Å²) in [5.74, 6) is 0.418. The van der Waals surface area contributed by atoms with Gasteiger partial charge < -0.3 is 9.47 Å². The fraction of sp³-hybridized carbons (Fsp3) is 0.824. The molecule has 4 nitrogen and oxygen atoms in total. The minimum atomic E-state index is -0.292. The van der Waals surface area contributed by atoms with Crippen molar-refractivity contribution in [1.82, 2.24) is 0 Å². The fourth-order valence-corrected chi connectivity index (χ4v) is 5.44. The summed E-state index contributed by atoms with van der Waals surface area (Å²) in [6.45, 7) is 8.12. The van der Waals surface area contributed by atoms with Gasteiger partial charge in [0, 0.05) is 19.3 Å². The summed E-state index contributed by atoms with van der Waals surface area (Å²) in [5, 5.41) is 0. The second kappa shape index (κ2) is 22.3. The van der Waals surface area contributed by atoms with Gasteiger partial charge in [0.1, 0.15) is 0 Å². The predicted octanol–water partition coefficient (Wildman–Crippen LogP) is 10.9. The molecule has 38 heavy (non-hydrogen) atoms. The Morgan fingerprint density at radius 1 is 0.605 bits per heavy atom. The van der Waals surface area contributed by atoms with E-state index in [0.717, 1.165) is 12.8 Å². The molecule has 0 bridgehead atoms. The van der Waals surface area contributed by atoms with Crippen LogP contribution in [0.5, 0.6) is 0 Å². The van der Waals surface area contributed by atoms with Crippen molar-refractivity contribution in [3.63, 3.8) is 0 Å². The number of rotatable bonds is 24. The zero-order chi connectivity index (χ0) is 27.9. The van der Waals surface area contributed by atoms with E-state index < -0.39 is 0 Å². The lowest BCUT2D eigenvalue weighted by molar-refractivity contribution is -0.143. The lowest BCUT2D eigenvalue weighted by atomic mass is 9.72. The summed E-state index contributed by atoms with van der Waals surface area (Å²) >= 11 is 0. The Morgan fingerprint density at radius 3 is 1.42 bits per heavy atom. The maximum absolute atomic E-state index is 12.2. The number of hydrogen-bond acceptors (Lipinski definition) is 4. The van der Waals surface area contributed by atoms with Gasteiger partial charge in [0.05, 0.1) is 0 Å². The molecule has 0 N–H and O–H groups in total. The molecule has 0 aromatic rings. The zero-order valence-electron chi connectivity index (χ0n) is 25.6. The molecule has 4 heteroatoms. The molecule has 0 aromatic heterocycles. The largest absolute Gasteiger partial charge is 0.427 e. The van der Waals surface area contributed by atoms with Crippen molar-refractivity contribution in [1.29, 1.82) is 0 Å². The molecule has 1 unspecified atom stereocenters. The molecular weight excluding hydrogens is 472 g/mol. The molecular formula is C34H60O4. The number of hydrogen-bond donors (Lipinski definition) is 0. The van der Waals surface area contributed by atoms with Crippen LogP contribution >= 0.6 is 0 Å². The van der Waals surface area contributed by atoms with E-state index in [9.17, 15) is 9.59 Å². The minimum absolute atomic E-state index is 0.0200. The molecule has 1 rings (SSSR count). The van der Waals surface area contributed by atoms with Crippen molar-refractivity contribution in [3.8, 4) is 0 Å². The maximum Gasteiger partial charge on any atom is 0.311 e. The Morgan fingerprint density at radius 2 is 1.00 bits per heavy atom. The van der Waals surface area contributed by atoms with Crippen LogP contribution in [0, 0.1) is 5.41 Å². The average Bonchev–Trinajstić information content (AvgIpc) is 2.92. The molecule has 1 aliphatic carbocycles. The van der Waals surface area contributed by atoms with Crippen molar-refractivity contribution in [2.24, 2.45) is 5.41 Å². The van der Waals surface area contributed by atoms with Gasteiger partial charge in [-0.2, -0.15) is 0 Å². The highest BCUT2D eigenvalue weighted by atomic mass is 16.6. The van der Waals surface area contributed by atoms with Gasteiger partial charge in [-0.1, -0.05) is 149 Å². The van der Waals surface area contributed by atoms with Crippen molar-refractivity contribution < 1.29 is 19.1 Å². The smallest absolute Gasteiger partial charge is 0.311 e. The Labute approximate surface area is 235 Å². The molecule has 0 fully saturated rings. The Kier molecular flexibility index (Phi) is 20.2. The third kappa shape index (κ3) is 15.7. The van der Waals surface area contributed by atoms with Crippen molar-refractivity contribution in [3.05, 3.63) is 23.7 Å². The number of carbonyl (C=O) groups excluding carboxylic acids is 2. The van der Waals surface area contributed by atoms with Crippen LogP contribution in [0.25, 0.3) is 0 Å². The van der Waals surface area contributed by atoms with E-state index in [0.29, 0.717) is 30.8 Å². The van der Waals surface area contributed by atoms with Gasteiger partial charge in [0.25, 0.3) is 0 Å². The van der Waals surface area contributed by atoms with Crippen LogP contribution in [-0.2, 0) is 19.1 Å². The fourth-order valence-electron chi connectivity index (χ4n) is 5.44. The highest BCUT2D eigenvalue weighted by Gasteiger charge is 2.34. The maximum atomic E-state index is 12.2. The summed E-state index contributed by atoms with van der Waals surface area (Å²) in [6, 6.07) is 0. The third-order valence-electron chi connectivity index (χ3n) is 7.97. The third-order valence-corrected chi connectivity index (χ3v) is 7.97. The lowest BCUT2D eigenvalue weighted by Crippen LogP contribution is -2.25. The molecule has 0 spiro atoms. The van der Waals surface area contributed by atoms with Crippen LogP contribution in [-0.4, -0.2) is 11.9 Å². The Hall–Kier alpha value is -1.58. The standard InChI is InChI=1S/C34H60O4/c1-5-9-11-13-15-17-18-20-22-24-27-34(26-23-21-19-16-14-12-10-6-2)28-25-30(37-32(35)7-3)31(29-34)38-33(36)8-4/h25,28H,5-24,26-27,29H2,1-4H3. The normalized spacial score (nSPS) is 17.2. The summed E-state index contributed by atoms with van der Waals surface area (Å²) in [5.41, 5.74) is -0.0200. The SMILES string of the molecule is CCCCCCCCCCCCC1(CCCCCCCCCC)C=CC(OC(=O)CC)=C(OC(=O)CC)C1. The molecule has 0 aliphatic heterocycles. The van der Waals surface area contributed by atoms with Gasteiger partial charge in [-0.25, -0.2) is 0 Å². The second-order valence-corrected chi connectivity index (χ2v) is 11.5. The number of allylic oxidation sites excluding steroid dienone is 3. The number of carbonyl (C=O) groups is 2. The molecule has 0 aromatic carbocycles. The van der Waals surface area contributed by atoms with E-state index in [1.54, 1.807) is 13.8 Å². The van der Waals surface area contributed by atoms with E-state index in [1.807, 2.05) is 6.08 Å². The first kappa shape index (κ1) is 34.4. The van der Waals surface area contributed by atoms with Crippen molar-refractivity contribution >= 4 is 11.9 Å². The molecule has 220 valence electrons. The minimum Gasteiger partial charge on any atom is -0.427 e. The van der Waals surface area contributed by atoms with Crippen molar-refractivity contribution in [2.75, 3.05) is 0 Å². The van der Waals surface area contributed by atoms with Gasteiger partial charge in [-0.05, 0) is 24.3 Å². The summed E-state index contributed by atoms with van der Waals surface area (Å²) in [4.78, 5) is 24.2. The van der Waals surface area contributed by atoms with E-state index in [-0.39, 0.29) is 17.4 Å². The first-order valence-electron chi connectivity index (χ1n) is 16.3. The van der Waals surface area contributed by atoms with Crippen LogP contribution in [0.15, 0.2) is 23.7 Å². The molecule has 1 aliphatic rings. The topological polar surface area (TPSA) is 52.6 Å². The lowest BCUT2D eigenvalue weighted by Gasteiger charge is -2.35. The van der Waals surface area contributed by atoms with Crippen LogP contribution in [0.3, 0.4) is 0 Å².